The number of likely N-dealkylation sites (tertiary alicyclic amines) is 1. The molecule has 3 aliphatic carbocycles. The van der Waals surface area contributed by atoms with Crippen LogP contribution in [0.4, 0.5) is 0 Å². The smallest absolute Gasteiger partial charge is 0.326 e. The predicted octanol–water partition coefficient (Wildman–Crippen LogP) is 4.98. The molecule has 4 aliphatic rings. The summed E-state index contributed by atoms with van der Waals surface area (Å²) in [6, 6.07) is 21.6. The van der Waals surface area contributed by atoms with E-state index in [1.165, 1.54) is 0 Å². The molecule has 0 unspecified atom stereocenters. The van der Waals surface area contributed by atoms with Gasteiger partial charge in [0.15, 0.2) is 0 Å². The topological polar surface area (TPSA) is 63.7 Å². The minimum absolute atomic E-state index is 0.00511. The van der Waals surface area contributed by atoms with Gasteiger partial charge < -0.3 is 4.74 Å². The van der Waals surface area contributed by atoms with Crippen LogP contribution >= 0.6 is 34.8 Å². The van der Waals surface area contributed by atoms with E-state index in [2.05, 4.69) is 0 Å². The van der Waals surface area contributed by atoms with E-state index >= 15 is 0 Å². The zero-order valence-corrected chi connectivity index (χ0v) is 20.5. The number of esters is 1. The van der Waals surface area contributed by atoms with Gasteiger partial charge in [-0.25, -0.2) is 0 Å². The molecule has 3 aromatic carbocycles. The van der Waals surface area contributed by atoms with Crippen LogP contribution in [0.3, 0.4) is 0 Å². The molecule has 2 bridgehead atoms. The van der Waals surface area contributed by atoms with Crippen molar-refractivity contribution in [1.29, 1.82) is 0 Å². The molecule has 1 saturated heterocycles. The Morgan fingerprint density at radius 3 is 1.63 bits per heavy atom. The molecule has 0 radical (unpaired) electrons. The van der Waals surface area contributed by atoms with Crippen LogP contribution in [-0.2, 0) is 35.5 Å². The van der Waals surface area contributed by atoms with Gasteiger partial charge in [-0.2, -0.15) is 0 Å². The molecule has 7 rings (SSSR count). The molecular formula is C27H18Cl3NO4. The molecule has 1 fully saturated rings. The lowest BCUT2D eigenvalue weighted by Crippen LogP contribution is -2.57. The van der Waals surface area contributed by atoms with Gasteiger partial charge in [0.25, 0.3) is 0 Å². The van der Waals surface area contributed by atoms with E-state index in [4.69, 9.17) is 39.5 Å². The molecule has 2 atom stereocenters. The van der Waals surface area contributed by atoms with Crippen molar-refractivity contribution in [3.63, 3.8) is 0 Å². The van der Waals surface area contributed by atoms with Crippen molar-refractivity contribution in [2.24, 2.45) is 11.8 Å². The van der Waals surface area contributed by atoms with E-state index in [1.54, 1.807) is 24.3 Å². The van der Waals surface area contributed by atoms with Gasteiger partial charge in [0, 0.05) is 5.02 Å². The third kappa shape index (κ3) is 2.98. The summed E-state index contributed by atoms with van der Waals surface area (Å²) in [5, 5.41) is 0.567. The Kier molecular flexibility index (Phi) is 5.05. The molecule has 0 N–H and O–H groups in total. The first-order chi connectivity index (χ1) is 16.8. The van der Waals surface area contributed by atoms with Crippen molar-refractivity contribution in [1.82, 2.24) is 4.90 Å². The number of benzene rings is 3. The quantitative estimate of drug-likeness (QED) is 0.273. The Morgan fingerprint density at radius 1 is 0.771 bits per heavy atom. The molecule has 0 saturated carbocycles. The van der Waals surface area contributed by atoms with Gasteiger partial charge in [-0.15, -0.1) is 23.2 Å². The number of hydrogen-bond donors (Lipinski definition) is 0. The van der Waals surface area contributed by atoms with Crippen molar-refractivity contribution in [3.05, 3.63) is 106 Å². The van der Waals surface area contributed by atoms with E-state index in [9.17, 15) is 14.4 Å². The lowest BCUT2D eigenvalue weighted by atomic mass is 9.54. The Labute approximate surface area is 216 Å². The van der Waals surface area contributed by atoms with E-state index < -0.39 is 45.9 Å². The van der Waals surface area contributed by atoms with Crippen LogP contribution in [0, 0.1) is 11.8 Å². The molecule has 5 nitrogen and oxygen atoms in total. The van der Waals surface area contributed by atoms with Gasteiger partial charge in [0.2, 0.25) is 11.8 Å². The van der Waals surface area contributed by atoms with Crippen LogP contribution < -0.4 is 0 Å². The van der Waals surface area contributed by atoms with E-state index in [0.29, 0.717) is 27.3 Å². The van der Waals surface area contributed by atoms with E-state index in [-0.39, 0.29) is 6.61 Å². The number of amides is 2. The first-order valence-electron chi connectivity index (χ1n) is 11.1. The number of nitrogens with zero attached hydrogens (tertiary/aromatic N) is 1. The molecule has 1 heterocycles. The lowest BCUT2D eigenvalue weighted by molar-refractivity contribution is -0.153. The maximum atomic E-state index is 13.7. The molecule has 3 aromatic rings. The fourth-order valence-electron chi connectivity index (χ4n) is 5.80. The number of carbonyl (C=O) groups excluding carboxylic acids is 3. The molecule has 35 heavy (non-hydrogen) atoms. The Balaban J connectivity index is 1.35. The molecule has 176 valence electrons. The van der Waals surface area contributed by atoms with Gasteiger partial charge >= 0.3 is 5.97 Å². The van der Waals surface area contributed by atoms with Gasteiger partial charge in [-0.05, 0) is 39.9 Å². The first-order valence-corrected chi connectivity index (χ1v) is 12.2. The molecule has 0 spiro atoms. The molecule has 1 aliphatic heterocycles. The zero-order chi connectivity index (χ0) is 24.5. The second-order valence-corrected chi connectivity index (χ2v) is 10.6. The summed E-state index contributed by atoms with van der Waals surface area (Å²) in [7, 11) is 0. The fraction of sp³-hybridized carbons (Fsp3) is 0.222. The monoisotopic (exact) mass is 525 g/mol. The summed E-state index contributed by atoms with van der Waals surface area (Å²) >= 11 is 20.6. The molecule has 8 heteroatoms. The highest BCUT2D eigenvalue weighted by Gasteiger charge is 2.73. The second kappa shape index (κ2) is 7.82. The van der Waals surface area contributed by atoms with Crippen LogP contribution in [0.2, 0.25) is 5.02 Å². The molecular weight excluding hydrogens is 509 g/mol. The zero-order valence-electron chi connectivity index (χ0n) is 18.2. The third-order valence-corrected chi connectivity index (χ3v) is 8.81. The number of imide groups is 1. The third-order valence-electron chi connectivity index (χ3n) is 7.28. The standard InChI is InChI=1S/C27H18Cl3NO4/c28-16-11-9-15(10-12-16)14-35-21(32)13-31-24(33)22-23(25(31)34)27(30)18-6-2-1-5-17(18)26(22,29)19-7-3-4-8-20(19)27/h1-12,22-23H,13-14H2/t22-,23-,26?,27?/m0/s1. The van der Waals surface area contributed by atoms with Crippen molar-refractivity contribution in [2.75, 3.05) is 6.54 Å². The lowest BCUT2D eigenvalue weighted by Gasteiger charge is -2.54. The fourth-order valence-corrected chi connectivity index (χ4v) is 7.02. The summed E-state index contributed by atoms with van der Waals surface area (Å²) in [6.45, 7) is -0.514. The van der Waals surface area contributed by atoms with Gasteiger partial charge in [-0.3, -0.25) is 19.3 Å². The van der Waals surface area contributed by atoms with Gasteiger partial charge in [-0.1, -0.05) is 72.3 Å². The van der Waals surface area contributed by atoms with Crippen molar-refractivity contribution >= 4 is 52.6 Å². The van der Waals surface area contributed by atoms with Crippen LogP contribution in [0.5, 0.6) is 0 Å². The Hall–Kier alpha value is -2.86. The normalized spacial score (nSPS) is 27.9. The minimum Gasteiger partial charge on any atom is -0.459 e. The van der Waals surface area contributed by atoms with Crippen LogP contribution in [-0.4, -0.2) is 29.2 Å². The number of carbonyl (C=O) groups is 3. The maximum Gasteiger partial charge on any atom is 0.326 e. The Morgan fingerprint density at radius 2 is 1.20 bits per heavy atom. The molecule has 2 amide bonds. The highest BCUT2D eigenvalue weighted by atomic mass is 35.5. The average molecular weight is 527 g/mol. The van der Waals surface area contributed by atoms with Crippen LogP contribution in [0.25, 0.3) is 0 Å². The Bertz CT molecular complexity index is 1280. The van der Waals surface area contributed by atoms with Crippen molar-refractivity contribution in [3.8, 4) is 0 Å². The van der Waals surface area contributed by atoms with Crippen LogP contribution in [0.1, 0.15) is 27.8 Å². The molecule has 0 aromatic heterocycles. The average Bonchev–Trinajstić information content (AvgIpc) is 3.13. The van der Waals surface area contributed by atoms with E-state index in [0.717, 1.165) is 10.5 Å². The van der Waals surface area contributed by atoms with Gasteiger partial charge in [0.05, 0.1) is 11.8 Å². The maximum absolute atomic E-state index is 13.7. The number of alkyl halides is 2. The predicted molar refractivity (Wildman–Crippen MR) is 131 cm³/mol. The van der Waals surface area contributed by atoms with Crippen molar-refractivity contribution < 1.29 is 19.1 Å². The number of halogens is 3. The number of hydrogen-bond acceptors (Lipinski definition) is 4. The van der Waals surface area contributed by atoms with Crippen LogP contribution in [0.15, 0.2) is 72.8 Å². The summed E-state index contributed by atoms with van der Waals surface area (Å²) < 4.78 is 5.33. The minimum atomic E-state index is -1.27. The summed E-state index contributed by atoms with van der Waals surface area (Å²) in [5.74, 6) is -3.62. The number of ether oxygens (including phenoxy) is 1. The van der Waals surface area contributed by atoms with E-state index in [1.807, 2.05) is 48.5 Å². The SMILES string of the molecule is O=C(CN1C(=O)[C@@H]2[C@@H](C1=O)C1(Cl)c3ccccc3C2(Cl)c2ccccc21)OCc1ccc(Cl)cc1. The summed E-state index contributed by atoms with van der Waals surface area (Å²) in [6.07, 6.45) is 0. The largest absolute Gasteiger partial charge is 0.459 e. The second-order valence-electron chi connectivity index (χ2n) is 9.02. The van der Waals surface area contributed by atoms with Crippen molar-refractivity contribution in [2.45, 2.75) is 16.4 Å². The highest BCUT2D eigenvalue weighted by Crippen LogP contribution is 2.69. The first kappa shape index (κ1) is 22.6. The summed E-state index contributed by atoms with van der Waals surface area (Å²) in [5.41, 5.74) is 3.59. The highest BCUT2D eigenvalue weighted by molar-refractivity contribution is 6.36. The summed E-state index contributed by atoms with van der Waals surface area (Å²) in [4.78, 5) is 38.4. The van der Waals surface area contributed by atoms with Gasteiger partial charge in [0.1, 0.15) is 22.9 Å². The number of rotatable bonds is 4.